The Bertz CT molecular complexity index is 695. The van der Waals surface area contributed by atoms with Crippen LogP contribution in [0.25, 0.3) is 0 Å². The summed E-state index contributed by atoms with van der Waals surface area (Å²) >= 11 is 3.25. The van der Waals surface area contributed by atoms with E-state index in [-0.39, 0.29) is 23.9 Å². The van der Waals surface area contributed by atoms with Crippen molar-refractivity contribution in [3.05, 3.63) is 22.6 Å². The van der Waals surface area contributed by atoms with Crippen molar-refractivity contribution in [1.82, 2.24) is 9.88 Å². The predicted octanol–water partition coefficient (Wildman–Crippen LogP) is 3.11. The minimum Gasteiger partial charge on any atom is -0.393 e. The third-order valence-corrected chi connectivity index (χ3v) is 6.75. The lowest BCUT2D eigenvalue weighted by atomic mass is 9.78. The van der Waals surface area contributed by atoms with Gasteiger partial charge in [-0.15, -0.1) is 0 Å². The first-order chi connectivity index (χ1) is 12.5. The molecular weight excluding hydrogens is 401 g/mol. The number of aliphatic hydroxyl groups is 1. The monoisotopic (exact) mass is 425 g/mol. The number of aliphatic hydroxyl groups excluding tert-OH is 1. The lowest BCUT2D eigenvalue weighted by Gasteiger charge is -2.41. The van der Waals surface area contributed by atoms with Crippen molar-refractivity contribution < 1.29 is 14.3 Å². The fraction of sp³-hybridized carbons (Fsp3) is 0.684. The second-order valence-electron chi connectivity index (χ2n) is 7.98. The Morgan fingerprint density at radius 1 is 1.23 bits per heavy atom. The molecule has 1 atom stereocenters. The van der Waals surface area contributed by atoms with E-state index in [1.807, 2.05) is 9.80 Å². The number of piperidine rings is 1. The maximum absolute atomic E-state index is 14.4. The van der Waals surface area contributed by atoms with E-state index in [1.165, 1.54) is 6.07 Å². The molecule has 2 saturated heterocycles. The molecule has 1 aliphatic carbocycles. The average molecular weight is 426 g/mol. The molecule has 142 valence electrons. The molecule has 1 amide bonds. The molecule has 26 heavy (non-hydrogen) atoms. The average Bonchev–Trinajstić information content (AvgIpc) is 2.92. The number of hydrogen-bond donors (Lipinski definition) is 1. The summed E-state index contributed by atoms with van der Waals surface area (Å²) in [7, 11) is 0. The molecule has 0 unspecified atom stereocenters. The largest absolute Gasteiger partial charge is 0.393 e. The van der Waals surface area contributed by atoms with Gasteiger partial charge in [-0.3, -0.25) is 4.79 Å². The standard InChI is InChI=1S/C19H25BrFN3O2/c20-13-10-16(21)17(22-11-13)23-8-1-6-19(12-23)7-9-24(18(19)26)14-2-4-15(25)5-3-14/h10-11,14-15,25H,1-9,12H2/t14?,15?,19-/m1/s1. The molecule has 0 bridgehead atoms. The van der Waals surface area contributed by atoms with Gasteiger partial charge in [-0.25, -0.2) is 9.37 Å². The zero-order valence-electron chi connectivity index (χ0n) is 14.8. The van der Waals surface area contributed by atoms with Crippen LogP contribution in [0, 0.1) is 11.2 Å². The smallest absolute Gasteiger partial charge is 0.230 e. The molecule has 0 radical (unpaired) electrons. The molecule has 3 aliphatic rings. The lowest BCUT2D eigenvalue weighted by molar-refractivity contribution is -0.139. The van der Waals surface area contributed by atoms with Crippen molar-refractivity contribution in [2.75, 3.05) is 24.5 Å². The topological polar surface area (TPSA) is 56.7 Å². The molecular formula is C19H25BrFN3O2. The number of carbonyl (C=O) groups excluding carboxylic acids is 1. The fourth-order valence-electron chi connectivity index (χ4n) is 4.90. The number of nitrogens with zero attached hydrogens (tertiary/aromatic N) is 3. The zero-order chi connectivity index (χ0) is 18.3. The van der Waals surface area contributed by atoms with Crippen LogP contribution in [0.2, 0.25) is 0 Å². The quantitative estimate of drug-likeness (QED) is 0.790. The van der Waals surface area contributed by atoms with E-state index in [0.717, 1.165) is 58.0 Å². The van der Waals surface area contributed by atoms with E-state index < -0.39 is 5.41 Å². The van der Waals surface area contributed by atoms with Gasteiger partial charge < -0.3 is 14.9 Å². The Kier molecular flexibility index (Phi) is 4.94. The van der Waals surface area contributed by atoms with Gasteiger partial charge in [-0.2, -0.15) is 0 Å². The molecule has 2 aliphatic heterocycles. The number of carbonyl (C=O) groups is 1. The van der Waals surface area contributed by atoms with Crippen LogP contribution in [0.5, 0.6) is 0 Å². The maximum Gasteiger partial charge on any atom is 0.230 e. The van der Waals surface area contributed by atoms with Gasteiger partial charge in [0.15, 0.2) is 11.6 Å². The van der Waals surface area contributed by atoms with E-state index in [1.54, 1.807) is 6.20 Å². The number of aromatic nitrogens is 1. The molecule has 5 nitrogen and oxygen atoms in total. The highest BCUT2D eigenvalue weighted by Crippen LogP contribution is 2.43. The summed E-state index contributed by atoms with van der Waals surface area (Å²) in [6, 6.07) is 1.68. The highest BCUT2D eigenvalue weighted by Gasteiger charge is 2.51. The SMILES string of the molecule is O=C1N(C2CCC(O)CC2)CC[C@@]12CCCN(c1ncc(Br)cc1F)C2. The van der Waals surface area contributed by atoms with Crippen molar-refractivity contribution in [2.45, 2.75) is 57.1 Å². The summed E-state index contributed by atoms with van der Waals surface area (Å²) in [6.07, 6.45) is 7.30. The van der Waals surface area contributed by atoms with Crippen molar-refractivity contribution in [3.8, 4) is 0 Å². The summed E-state index contributed by atoms with van der Waals surface area (Å²) < 4.78 is 15.0. The fourth-order valence-corrected chi connectivity index (χ4v) is 5.20. The summed E-state index contributed by atoms with van der Waals surface area (Å²) in [5, 5.41) is 9.73. The van der Waals surface area contributed by atoms with E-state index in [0.29, 0.717) is 16.8 Å². The number of likely N-dealkylation sites (tertiary alicyclic amines) is 1. The normalized spacial score (nSPS) is 32.5. The number of rotatable bonds is 2. The van der Waals surface area contributed by atoms with E-state index in [9.17, 15) is 14.3 Å². The molecule has 7 heteroatoms. The Labute approximate surface area is 161 Å². The van der Waals surface area contributed by atoms with Crippen LogP contribution in [0.3, 0.4) is 0 Å². The number of anilines is 1. The third-order valence-electron chi connectivity index (χ3n) is 6.32. The molecule has 1 aromatic heterocycles. The second kappa shape index (κ2) is 7.08. The summed E-state index contributed by atoms with van der Waals surface area (Å²) in [5.74, 6) is 0.223. The van der Waals surface area contributed by atoms with Crippen LogP contribution in [-0.4, -0.2) is 52.7 Å². The van der Waals surface area contributed by atoms with Gasteiger partial charge in [0.2, 0.25) is 5.91 Å². The van der Waals surface area contributed by atoms with E-state index in [4.69, 9.17) is 0 Å². The Morgan fingerprint density at radius 2 is 2.00 bits per heavy atom. The van der Waals surface area contributed by atoms with Gasteiger partial charge in [-0.1, -0.05) is 0 Å². The van der Waals surface area contributed by atoms with E-state index >= 15 is 0 Å². The first-order valence-corrected chi connectivity index (χ1v) is 10.3. The van der Waals surface area contributed by atoms with Crippen LogP contribution in [0.4, 0.5) is 10.2 Å². The molecule has 1 saturated carbocycles. The Morgan fingerprint density at radius 3 is 2.73 bits per heavy atom. The Hall–Kier alpha value is -1.21. The molecule has 1 spiro atoms. The third kappa shape index (κ3) is 3.24. The second-order valence-corrected chi connectivity index (χ2v) is 8.89. The Balaban J connectivity index is 1.50. The van der Waals surface area contributed by atoms with Crippen LogP contribution >= 0.6 is 15.9 Å². The van der Waals surface area contributed by atoms with Crippen molar-refractivity contribution in [1.29, 1.82) is 0 Å². The van der Waals surface area contributed by atoms with Crippen LogP contribution < -0.4 is 4.90 Å². The van der Waals surface area contributed by atoms with Gasteiger partial charge in [0, 0.05) is 36.3 Å². The van der Waals surface area contributed by atoms with Crippen molar-refractivity contribution in [3.63, 3.8) is 0 Å². The number of pyridine rings is 1. The summed E-state index contributed by atoms with van der Waals surface area (Å²) in [6.45, 7) is 2.06. The van der Waals surface area contributed by atoms with Gasteiger partial charge in [0.1, 0.15) is 0 Å². The van der Waals surface area contributed by atoms with Crippen LogP contribution in [0.15, 0.2) is 16.7 Å². The van der Waals surface area contributed by atoms with Gasteiger partial charge in [0.25, 0.3) is 0 Å². The summed E-state index contributed by atoms with van der Waals surface area (Å²) in [4.78, 5) is 21.5. The minimum absolute atomic E-state index is 0.213. The zero-order valence-corrected chi connectivity index (χ0v) is 16.4. The predicted molar refractivity (Wildman–Crippen MR) is 100 cm³/mol. The van der Waals surface area contributed by atoms with Gasteiger partial charge in [-0.05, 0) is 66.9 Å². The number of halogens is 2. The van der Waals surface area contributed by atoms with Crippen molar-refractivity contribution >= 4 is 27.7 Å². The molecule has 1 N–H and O–H groups in total. The lowest BCUT2D eigenvalue weighted by Crippen LogP contribution is -2.50. The maximum atomic E-state index is 14.4. The van der Waals surface area contributed by atoms with Crippen LogP contribution in [0.1, 0.15) is 44.9 Å². The first-order valence-electron chi connectivity index (χ1n) is 9.54. The number of amides is 1. The summed E-state index contributed by atoms with van der Waals surface area (Å²) in [5.41, 5.74) is -0.407. The van der Waals surface area contributed by atoms with Gasteiger partial charge >= 0.3 is 0 Å². The van der Waals surface area contributed by atoms with E-state index in [2.05, 4.69) is 20.9 Å². The van der Waals surface area contributed by atoms with Crippen LogP contribution in [-0.2, 0) is 4.79 Å². The van der Waals surface area contributed by atoms with Gasteiger partial charge in [0.05, 0.1) is 11.5 Å². The highest BCUT2D eigenvalue weighted by atomic mass is 79.9. The highest BCUT2D eigenvalue weighted by molar-refractivity contribution is 9.10. The number of hydrogen-bond acceptors (Lipinski definition) is 4. The molecule has 1 aromatic rings. The molecule has 3 heterocycles. The van der Waals surface area contributed by atoms with Crippen molar-refractivity contribution in [2.24, 2.45) is 5.41 Å². The first kappa shape index (κ1) is 18.2. The molecule has 4 rings (SSSR count). The minimum atomic E-state index is -0.407. The molecule has 3 fully saturated rings. The molecule has 0 aromatic carbocycles.